The number of hydrogen-bond donors (Lipinski definition) is 2. The van der Waals surface area contributed by atoms with E-state index in [9.17, 15) is 4.79 Å². The lowest BCUT2D eigenvalue weighted by atomic mass is 10.1. The molecule has 3 rings (SSSR count). The Balaban J connectivity index is 2.06. The van der Waals surface area contributed by atoms with Crippen molar-refractivity contribution in [2.45, 2.75) is 12.5 Å². The van der Waals surface area contributed by atoms with Gasteiger partial charge in [0.2, 0.25) is 0 Å². The molecule has 0 saturated carbocycles. The van der Waals surface area contributed by atoms with E-state index in [0.29, 0.717) is 5.56 Å². The van der Waals surface area contributed by atoms with Gasteiger partial charge in [0.1, 0.15) is 11.4 Å². The van der Waals surface area contributed by atoms with E-state index in [1.165, 1.54) is 11.1 Å². The van der Waals surface area contributed by atoms with Gasteiger partial charge in [-0.2, -0.15) is 5.10 Å². The zero-order chi connectivity index (χ0) is 11.8. The molecule has 2 aromatic heterocycles. The van der Waals surface area contributed by atoms with Crippen LogP contribution in [0.25, 0.3) is 0 Å². The molecule has 88 valence electrons. The summed E-state index contributed by atoms with van der Waals surface area (Å²) in [5.74, 6) is 0.299. The van der Waals surface area contributed by atoms with E-state index in [4.69, 9.17) is 5.73 Å². The summed E-state index contributed by atoms with van der Waals surface area (Å²) in [5, 5.41) is 9.52. The van der Waals surface area contributed by atoms with E-state index in [1.54, 1.807) is 11.3 Å². The van der Waals surface area contributed by atoms with Crippen molar-refractivity contribution in [1.29, 1.82) is 0 Å². The second-order valence-corrected chi connectivity index (χ2v) is 4.94. The van der Waals surface area contributed by atoms with Gasteiger partial charge in [0.25, 0.3) is 5.91 Å². The molecule has 1 aliphatic rings. The van der Waals surface area contributed by atoms with Crippen LogP contribution < -0.4 is 11.1 Å². The second-order valence-electron chi connectivity index (χ2n) is 3.96. The Morgan fingerprint density at radius 2 is 2.53 bits per heavy atom. The Labute approximate surface area is 102 Å². The van der Waals surface area contributed by atoms with Crippen LogP contribution in [-0.2, 0) is 0 Å². The Morgan fingerprint density at radius 1 is 1.65 bits per heavy atom. The summed E-state index contributed by atoms with van der Waals surface area (Å²) in [7, 11) is 0. The Hall–Kier alpha value is -1.82. The largest absolute Gasteiger partial charge is 0.369 e. The van der Waals surface area contributed by atoms with E-state index in [2.05, 4.69) is 21.9 Å². The normalized spacial score (nSPS) is 18.5. The fourth-order valence-electron chi connectivity index (χ4n) is 2.15. The molecule has 0 bridgehead atoms. The van der Waals surface area contributed by atoms with Crippen molar-refractivity contribution >= 4 is 23.1 Å². The van der Waals surface area contributed by atoms with Crippen LogP contribution in [0.2, 0.25) is 0 Å². The van der Waals surface area contributed by atoms with E-state index < -0.39 is 5.91 Å². The lowest BCUT2D eigenvalue weighted by molar-refractivity contribution is 0.100. The Bertz CT molecular complexity index is 546. The van der Waals surface area contributed by atoms with Crippen molar-refractivity contribution in [3.05, 3.63) is 34.2 Å². The van der Waals surface area contributed by atoms with Crippen molar-refractivity contribution in [3.63, 3.8) is 0 Å². The van der Waals surface area contributed by atoms with Crippen LogP contribution >= 0.6 is 11.3 Å². The molecule has 0 saturated heterocycles. The van der Waals surface area contributed by atoms with Crippen LogP contribution in [0.5, 0.6) is 0 Å². The van der Waals surface area contributed by atoms with Crippen molar-refractivity contribution in [1.82, 2.24) is 9.78 Å². The molecule has 1 unspecified atom stereocenters. The number of carbonyl (C=O) groups is 1. The third kappa shape index (κ3) is 1.61. The highest BCUT2D eigenvalue weighted by atomic mass is 32.1. The van der Waals surface area contributed by atoms with Crippen LogP contribution in [-0.4, -0.2) is 22.2 Å². The SMILES string of the molecule is NC(=O)c1cnn2c1NCCC2c1cccs1. The molecule has 0 aromatic carbocycles. The number of anilines is 1. The Kier molecular flexibility index (Phi) is 2.36. The summed E-state index contributed by atoms with van der Waals surface area (Å²) in [5.41, 5.74) is 5.78. The maximum Gasteiger partial charge on any atom is 0.254 e. The van der Waals surface area contributed by atoms with E-state index in [1.807, 2.05) is 10.7 Å². The minimum Gasteiger partial charge on any atom is -0.369 e. The molecule has 2 aromatic rings. The van der Waals surface area contributed by atoms with E-state index in [0.717, 1.165) is 18.8 Å². The van der Waals surface area contributed by atoms with Crippen LogP contribution in [0.1, 0.15) is 27.7 Å². The van der Waals surface area contributed by atoms with Gasteiger partial charge >= 0.3 is 0 Å². The van der Waals surface area contributed by atoms with Gasteiger partial charge in [0.05, 0.1) is 12.2 Å². The molecule has 0 fully saturated rings. The van der Waals surface area contributed by atoms with Gasteiger partial charge in [-0.1, -0.05) is 6.07 Å². The number of rotatable bonds is 2. The fourth-order valence-corrected chi connectivity index (χ4v) is 2.99. The number of nitrogens with zero attached hydrogens (tertiary/aromatic N) is 2. The average Bonchev–Trinajstić information content (AvgIpc) is 2.97. The number of nitrogens with one attached hydrogen (secondary N) is 1. The number of aromatic nitrogens is 2. The second kappa shape index (κ2) is 3.89. The molecule has 1 amide bonds. The first-order valence-electron chi connectivity index (χ1n) is 5.42. The number of hydrogen-bond acceptors (Lipinski definition) is 4. The minimum absolute atomic E-state index is 0.208. The highest BCUT2D eigenvalue weighted by Crippen LogP contribution is 2.33. The summed E-state index contributed by atoms with van der Waals surface area (Å²) in [6.07, 6.45) is 2.50. The zero-order valence-corrected chi connectivity index (χ0v) is 9.91. The molecule has 0 spiro atoms. The molecule has 1 atom stereocenters. The molecule has 6 heteroatoms. The molecule has 17 heavy (non-hydrogen) atoms. The van der Waals surface area contributed by atoms with Crippen LogP contribution in [0.4, 0.5) is 5.82 Å². The minimum atomic E-state index is -0.439. The summed E-state index contributed by atoms with van der Waals surface area (Å²) >= 11 is 1.71. The maximum absolute atomic E-state index is 11.3. The first kappa shape index (κ1) is 10.3. The number of primary amides is 1. The standard InChI is InChI=1S/C11H12N4OS/c12-10(16)7-6-14-15-8(3-4-13-11(7)15)9-2-1-5-17-9/h1-2,5-6,8,13H,3-4H2,(H2,12,16). The molecule has 0 aliphatic carbocycles. The third-order valence-electron chi connectivity index (χ3n) is 2.94. The molecule has 5 nitrogen and oxygen atoms in total. The van der Waals surface area contributed by atoms with Gasteiger partial charge in [-0.3, -0.25) is 4.79 Å². The van der Waals surface area contributed by atoms with Gasteiger partial charge in [-0.15, -0.1) is 11.3 Å². The first-order valence-corrected chi connectivity index (χ1v) is 6.30. The summed E-state index contributed by atoms with van der Waals surface area (Å²) in [4.78, 5) is 12.5. The molecule has 1 aliphatic heterocycles. The maximum atomic E-state index is 11.3. The average molecular weight is 248 g/mol. The lowest BCUT2D eigenvalue weighted by Gasteiger charge is -2.25. The third-order valence-corrected chi connectivity index (χ3v) is 3.91. The topological polar surface area (TPSA) is 72.9 Å². The monoisotopic (exact) mass is 248 g/mol. The summed E-state index contributed by atoms with van der Waals surface area (Å²) < 4.78 is 1.86. The fraction of sp³-hybridized carbons (Fsp3) is 0.273. The molecule has 0 radical (unpaired) electrons. The van der Waals surface area contributed by atoms with Gasteiger partial charge in [-0.25, -0.2) is 4.68 Å². The van der Waals surface area contributed by atoms with Gasteiger partial charge in [0, 0.05) is 11.4 Å². The van der Waals surface area contributed by atoms with Crippen molar-refractivity contribution in [2.75, 3.05) is 11.9 Å². The van der Waals surface area contributed by atoms with E-state index >= 15 is 0 Å². The van der Waals surface area contributed by atoms with Crippen LogP contribution in [0, 0.1) is 0 Å². The van der Waals surface area contributed by atoms with E-state index in [-0.39, 0.29) is 6.04 Å². The number of carbonyl (C=O) groups excluding carboxylic acids is 1. The summed E-state index contributed by atoms with van der Waals surface area (Å²) in [6, 6.07) is 4.33. The number of amides is 1. The molecule has 3 N–H and O–H groups in total. The molecular weight excluding hydrogens is 236 g/mol. The number of fused-ring (bicyclic) bond motifs is 1. The van der Waals surface area contributed by atoms with Crippen molar-refractivity contribution in [3.8, 4) is 0 Å². The van der Waals surface area contributed by atoms with Crippen LogP contribution in [0.3, 0.4) is 0 Å². The number of nitrogens with two attached hydrogens (primary N) is 1. The highest BCUT2D eigenvalue weighted by molar-refractivity contribution is 7.10. The van der Waals surface area contributed by atoms with Gasteiger partial charge < -0.3 is 11.1 Å². The van der Waals surface area contributed by atoms with Crippen molar-refractivity contribution < 1.29 is 4.79 Å². The predicted molar refractivity (Wildman–Crippen MR) is 66.3 cm³/mol. The van der Waals surface area contributed by atoms with Crippen molar-refractivity contribution in [2.24, 2.45) is 5.73 Å². The van der Waals surface area contributed by atoms with Gasteiger partial charge in [0.15, 0.2) is 0 Å². The summed E-state index contributed by atoms with van der Waals surface area (Å²) in [6.45, 7) is 0.828. The lowest BCUT2D eigenvalue weighted by Crippen LogP contribution is -2.25. The Morgan fingerprint density at radius 3 is 3.24 bits per heavy atom. The smallest absolute Gasteiger partial charge is 0.254 e. The van der Waals surface area contributed by atoms with Gasteiger partial charge in [-0.05, 0) is 17.9 Å². The number of thiophene rings is 1. The predicted octanol–water partition coefficient (Wildman–Crippen LogP) is 1.45. The molecule has 3 heterocycles. The first-order chi connectivity index (χ1) is 8.27. The highest BCUT2D eigenvalue weighted by Gasteiger charge is 2.26. The molecular formula is C11H12N4OS. The zero-order valence-electron chi connectivity index (χ0n) is 9.09. The quantitative estimate of drug-likeness (QED) is 0.844. The van der Waals surface area contributed by atoms with Crippen LogP contribution in [0.15, 0.2) is 23.7 Å².